The van der Waals surface area contributed by atoms with Crippen LogP contribution in [0.5, 0.6) is 0 Å². The third-order valence-electron chi connectivity index (χ3n) is 4.64. The third kappa shape index (κ3) is 4.85. The summed E-state index contributed by atoms with van der Waals surface area (Å²) in [4.78, 5) is 11.6. The molecule has 1 aliphatic carbocycles. The normalized spacial score (nSPS) is 27.2. The van der Waals surface area contributed by atoms with Gasteiger partial charge >= 0.3 is 5.97 Å². The second-order valence-corrected chi connectivity index (χ2v) is 6.74. The van der Waals surface area contributed by atoms with Crippen LogP contribution in [0.2, 0.25) is 0 Å². The molecule has 0 heterocycles. The molecular formula is C18H27NO2. The molecular weight excluding hydrogens is 262 g/mol. The van der Waals surface area contributed by atoms with Gasteiger partial charge in [0.05, 0.1) is 5.92 Å². The van der Waals surface area contributed by atoms with Crippen LogP contribution in [0.3, 0.4) is 0 Å². The van der Waals surface area contributed by atoms with Gasteiger partial charge in [-0.3, -0.25) is 4.79 Å². The summed E-state index contributed by atoms with van der Waals surface area (Å²) < 4.78 is 0. The van der Waals surface area contributed by atoms with E-state index in [1.54, 1.807) is 0 Å². The van der Waals surface area contributed by atoms with E-state index >= 15 is 0 Å². The van der Waals surface area contributed by atoms with Crippen LogP contribution in [-0.4, -0.2) is 17.6 Å². The Morgan fingerprint density at radius 3 is 2.38 bits per heavy atom. The minimum atomic E-state index is -0.651. The lowest BCUT2D eigenvalue weighted by molar-refractivity contribution is -0.144. The van der Waals surface area contributed by atoms with Gasteiger partial charge in [-0.05, 0) is 42.6 Å². The summed E-state index contributed by atoms with van der Waals surface area (Å²) in [6, 6.07) is 10.1. The van der Waals surface area contributed by atoms with Gasteiger partial charge in [-0.1, -0.05) is 44.2 Å². The van der Waals surface area contributed by atoms with Crippen molar-refractivity contribution in [2.45, 2.75) is 39.7 Å². The summed E-state index contributed by atoms with van der Waals surface area (Å²) in [7, 11) is 0. The molecule has 1 fully saturated rings. The molecule has 0 amide bonds. The summed E-state index contributed by atoms with van der Waals surface area (Å²) in [6.45, 7) is 5.80. The maximum atomic E-state index is 11.6. The van der Waals surface area contributed by atoms with Gasteiger partial charge in [0.1, 0.15) is 0 Å². The smallest absolute Gasteiger partial charge is 0.308 e. The molecule has 116 valence electrons. The number of hydrogen-bond acceptors (Lipinski definition) is 2. The predicted molar refractivity (Wildman–Crippen MR) is 84.9 cm³/mol. The fourth-order valence-corrected chi connectivity index (χ4v) is 3.76. The van der Waals surface area contributed by atoms with Crippen molar-refractivity contribution < 1.29 is 9.90 Å². The summed E-state index contributed by atoms with van der Waals surface area (Å²) in [5, 5.41) is 12.9. The summed E-state index contributed by atoms with van der Waals surface area (Å²) >= 11 is 0. The number of carboxylic acid groups (broad SMARTS) is 1. The van der Waals surface area contributed by atoms with Gasteiger partial charge in [0.15, 0.2) is 0 Å². The zero-order valence-electron chi connectivity index (χ0n) is 13.1. The first kappa shape index (κ1) is 16.0. The Morgan fingerprint density at radius 1 is 1.19 bits per heavy atom. The molecule has 0 spiro atoms. The van der Waals surface area contributed by atoms with Gasteiger partial charge in [0, 0.05) is 13.1 Å². The molecule has 0 aromatic heterocycles. The number of carboxylic acids is 1. The zero-order valence-corrected chi connectivity index (χ0v) is 13.1. The SMILES string of the molecule is C[C@@H]1CC(C(CNCc2ccccc2)C(=O)O)C[C@H](C)C1. The Balaban J connectivity index is 1.88. The van der Waals surface area contributed by atoms with E-state index in [2.05, 4.69) is 31.3 Å². The second-order valence-electron chi connectivity index (χ2n) is 6.74. The molecule has 2 unspecified atom stereocenters. The lowest BCUT2D eigenvalue weighted by Crippen LogP contribution is -2.37. The fourth-order valence-electron chi connectivity index (χ4n) is 3.76. The number of hydrogen-bond donors (Lipinski definition) is 2. The maximum Gasteiger partial charge on any atom is 0.308 e. The summed E-state index contributed by atoms with van der Waals surface area (Å²) in [5.74, 6) is 0.690. The van der Waals surface area contributed by atoms with Gasteiger partial charge in [-0.2, -0.15) is 0 Å². The van der Waals surface area contributed by atoms with Crippen molar-refractivity contribution in [1.82, 2.24) is 5.32 Å². The Hall–Kier alpha value is -1.35. The standard InChI is InChI=1S/C18H27NO2/c1-13-8-14(2)10-16(9-13)17(18(20)21)12-19-11-15-6-4-3-5-7-15/h3-7,13-14,16-17,19H,8-12H2,1-2H3,(H,20,21)/t13-,14+,16?,17?. The van der Waals surface area contributed by atoms with Crippen LogP contribution in [0.15, 0.2) is 30.3 Å². The first-order valence-corrected chi connectivity index (χ1v) is 8.03. The summed E-state index contributed by atoms with van der Waals surface area (Å²) in [5.41, 5.74) is 1.20. The molecule has 0 radical (unpaired) electrons. The lowest BCUT2D eigenvalue weighted by atomic mass is 9.71. The van der Waals surface area contributed by atoms with Gasteiger partial charge < -0.3 is 10.4 Å². The molecule has 1 aliphatic rings. The van der Waals surface area contributed by atoms with Gasteiger partial charge in [-0.25, -0.2) is 0 Å². The molecule has 0 aliphatic heterocycles. The number of rotatable bonds is 6. The van der Waals surface area contributed by atoms with Crippen molar-refractivity contribution in [2.24, 2.45) is 23.7 Å². The third-order valence-corrected chi connectivity index (χ3v) is 4.64. The Morgan fingerprint density at radius 2 is 1.81 bits per heavy atom. The number of carbonyl (C=O) groups is 1. The molecule has 3 nitrogen and oxygen atoms in total. The highest BCUT2D eigenvalue weighted by Gasteiger charge is 2.33. The fraction of sp³-hybridized carbons (Fsp3) is 0.611. The average molecular weight is 289 g/mol. The van der Waals surface area contributed by atoms with Crippen LogP contribution in [0.1, 0.15) is 38.7 Å². The van der Waals surface area contributed by atoms with Crippen molar-refractivity contribution in [2.75, 3.05) is 6.54 Å². The first-order valence-electron chi connectivity index (χ1n) is 8.03. The van der Waals surface area contributed by atoms with E-state index in [0.29, 0.717) is 24.3 Å². The molecule has 2 rings (SSSR count). The van der Waals surface area contributed by atoms with Crippen molar-refractivity contribution in [1.29, 1.82) is 0 Å². The maximum absolute atomic E-state index is 11.6. The highest BCUT2D eigenvalue weighted by atomic mass is 16.4. The van der Waals surface area contributed by atoms with E-state index in [0.717, 1.165) is 19.4 Å². The largest absolute Gasteiger partial charge is 0.481 e. The Bertz CT molecular complexity index is 436. The topological polar surface area (TPSA) is 49.3 Å². The highest BCUT2D eigenvalue weighted by molar-refractivity contribution is 5.70. The molecule has 0 saturated heterocycles. The Labute approximate surface area is 127 Å². The molecule has 2 N–H and O–H groups in total. The minimum Gasteiger partial charge on any atom is -0.481 e. The molecule has 3 heteroatoms. The van der Waals surface area contributed by atoms with E-state index in [4.69, 9.17) is 0 Å². The van der Waals surface area contributed by atoms with Crippen LogP contribution >= 0.6 is 0 Å². The number of benzene rings is 1. The van der Waals surface area contributed by atoms with Crippen molar-refractivity contribution in [3.05, 3.63) is 35.9 Å². The molecule has 4 atom stereocenters. The predicted octanol–water partition coefficient (Wildman–Crippen LogP) is 3.55. The summed E-state index contributed by atoms with van der Waals surface area (Å²) in [6.07, 6.45) is 3.34. The Kier molecular flexibility index (Phi) is 5.80. The second kappa shape index (κ2) is 7.60. The van der Waals surface area contributed by atoms with Crippen LogP contribution in [0.25, 0.3) is 0 Å². The molecule has 21 heavy (non-hydrogen) atoms. The molecule has 1 aromatic carbocycles. The van der Waals surface area contributed by atoms with Crippen molar-refractivity contribution >= 4 is 5.97 Å². The van der Waals surface area contributed by atoms with Crippen molar-refractivity contribution in [3.8, 4) is 0 Å². The van der Waals surface area contributed by atoms with Crippen LogP contribution in [-0.2, 0) is 11.3 Å². The van der Waals surface area contributed by atoms with E-state index in [1.165, 1.54) is 12.0 Å². The van der Waals surface area contributed by atoms with Gasteiger partial charge in [-0.15, -0.1) is 0 Å². The lowest BCUT2D eigenvalue weighted by Gasteiger charge is -2.35. The van der Waals surface area contributed by atoms with E-state index in [9.17, 15) is 9.90 Å². The first-order chi connectivity index (χ1) is 10.1. The van der Waals surface area contributed by atoms with Gasteiger partial charge in [0.2, 0.25) is 0 Å². The number of nitrogens with one attached hydrogen (secondary N) is 1. The quantitative estimate of drug-likeness (QED) is 0.842. The highest BCUT2D eigenvalue weighted by Crippen LogP contribution is 2.37. The van der Waals surface area contributed by atoms with Crippen LogP contribution in [0, 0.1) is 23.7 Å². The van der Waals surface area contributed by atoms with E-state index < -0.39 is 5.97 Å². The van der Waals surface area contributed by atoms with Crippen LogP contribution < -0.4 is 5.32 Å². The van der Waals surface area contributed by atoms with Gasteiger partial charge in [0.25, 0.3) is 0 Å². The average Bonchev–Trinajstić information content (AvgIpc) is 2.43. The zero-order chi connectivity index (χ0) is 15.2. The minimum absolute atomic E-state index is 0.265. The molecule has 1 aromatic rings. The molecule has 1 saturated carbocycles. The number of aliphatic carboxylic acids is 1. The monoisotopic (exact) mass is 289 g/mol. The van der Waals surface area contributed by atoms with Crippen LogP contribution in [0.4, 0.5) is 0 Å². The van der Waals surface area contributed by atoms with E-state index in [1.807, 2.05) is 18.2 Å². The molecule has 0 bridgehead atoms. The van der Waals surface area contributed by atoms with Crippen molar-refractivity contribution in [3.63, 3.8) is 0 Å². The van der Waals surface area contributed by atoms with E-state index in [-0.39, 0.29) is 5.92 Å².